The zero-order chi connectivity index (χ0) is 13.1. The lowest BCUT2D eigenvalue weighted by Crippen LogP contribution is -1.99. The van der Waals surface area contributed by atoms with Crippen LogP contribution in [0.1, 0.15) is 10.4 Å². The van der Waals surface area contributed by atoms with Crippen molar-refractivity contribution in [2.45, 2.75) is 0 Å². The van der Waals surface area contributed by atoms with E-state index >= 15 is 0 Å². The monoisotopic (exact) mass is 282 g/mol. The normalized spacial score (nSPS) is 10.1. The number of rotatable bonds is 3. The Kier molecular flexibility index (Phi) is 3.69. The maximum absolute atomic E-state index is 10.7. The fourth-order valence-corrected chi connectivity index (χ4v) is 1.68. The molecule has 18 heavy (non-hydrogen) atoms. The summed E-state index contributed by atoms with van der Waals surface area (Å²) in [4.78, 5) is 14.6. The van der Waals surface area contributed by atoms with Crippen LogP contribution in [0.25, 0.3) is 0 Å². The van der Waals surface area contributed by atoms with Crippen LogP contribution >= 0.6 is 23.2 Å². The van der Waals surface area contributed by atoms with Crippen molar-refractivity contribution in [2.75, 3.05) is 5.32 Å². The minimum Gasteiger partial charge on any atom is -0.478 e. The molecule has 0 bridgehead atoms. The number of halogens is 2. The second-order valence-corrected chi connectivity index (χ2v) is 4.25. The first kappa shape index (κ1) is 12.7. The van der Waals surface area contributed by atoms with Crippen LogP contribution in [0.5, 0.6) is 0 Å². The van der Waals surface area contributed by atoms with Crippen LogP contribution in [0.3, 0.4) is 0 Å². The minimum absolute atomic E-state index is 0.123. The molecule has 2 N–H and O–H groups in total. The van der Waals surface area contributed by atoms with Gasteiger partial charge in [-0.2, -0.15) is 0 Å². The highest BCUT2D eigenvalue weighted by Gasteiger charge is 2.06. The Bertz CT molecular complexity index is 585. The summed E-state index contributed by atoms with van der Waals surface area (Å²) in [5.41, 5.74) is 0.734. The van der Waals surface area contributed by atoms with E-state index in [1.54, 1.807) is 24.3 Å². The summed E-state index contributed by atoms with van der Waals surface area (Å²) in [6.45, 7) is 0. The number of carboxylic acid groups (broad SMARTS) is 1. The Hall–Kier alpha value is -1.78. The molecule has 4 nitrogen and oxygen atoms in total. The number of carboxylic acids is 1. The fourth-order valence-electron chi connectivity index (χ4n) is 1.33. The highest BCUT2D eigenvalue weighted by Crippen LogP contribution is 2.31. The molecule has 2 aromatic rings. The molecule has 0 spiro atoms. The topological polar surface area (TPSA) is 62.2 Å². The first-order valence-corrected chi connectivity index (χ1v) is 5.74. The van der Waals surface area contributed by atoms with E-state index in [-0.39, 0.29) is 5.56 Å². The maximum atomic E-state index is 10.7. The van der Waals surface area contributed by atoms with Gasteiger partial charge in [-0.05, 0) is 24.3 Å². The van der Waals surface area contributed by atoms with E-state index in [2.05, 4.69) is 10.3 Å². The number of carbonyl (C=O) groups is 1. The van der Waals surface area contributed by atoms with E-state index in [0.29, 0.717) is 21.6 Å². The van der Waals surface area contributed by atoms with Gasteiger partial charge in [0.25, 0.3) is 0 Å². The molecule has 0 fully saturated rings. The summed E-state index contributed by atoms with van der Waals surface area (Å²) in [5.74, 6) is -0.529. The van der Waals surface area contributed by atoms with Gasteiger partial charge in [-0.15, -0.1) is 0 Å². The Morgan fingerprint density at radius 2 is 2.00 bits per heavy atom. The standard InChI is InChI=1S/C12H8Cl2N2O2/c13-8-2-1-3-9(11(8)14)16-10-5-4-7(6-15-10)12(17)18/h1-6H,(H,15,16)(H,17,18). The number of hydrogen-bond donors (Lipinski definition) is 2. The summed E-state index contributed by atoms with van der Waals surface area (Å²) >= 11 is 11.9. The molecule has 0 radical (unpaired) electrons. The van der Waals surface area contributed by atoms with Crippen molar-refractivity contribution < 1.29 is 9.90 Å². The van der Waals surface area contributed by atoms with Crippen molar-refractivity contribution in [1.82, 2.24) is 4.98 Å². The molecule has 6 heteroatoms. The van der Waals surface area contributed by atoms with Crippen molar-refractivity contribution >= 4 is 40.7 Å². The van der Waals surface area contributed by atoms with Crippen LogP contribution < -0.4 is 5.32 Å². The van der Waals surface area contributed by atoms with Crippen LogP contribution in [0.15, 0.2) is 36.5 Å². The molecule has 1 heterocycles. The van der Waals surface area contributed by atoms with Crippen LogP contribution in [-0.4, -0.2) is 16.1 Å². The SMILES string of the molecule is O=C(O)c1ccc(Nc2cccc(Cl)c2Cl)nc1. The van der Waals surface area contributed by atoms with E-state index in [0.717, 1.165) is 0 Å². The second kappa shape index (κ2) is 5.25. The Morgan fingerprint density at radius 3 is 2.61 bits per heavy atom. The molecule has 2 rings (SSSR count). The smallest absolute Gasteiger partial charge is 0.337 e. The van der Waals surface area contributed by atoms with E-state index in [9.17, 15) is 4.79 Å². The zero-order valence-corrected chi connectivity index (χ0v) is 10.5. The third-order valence-electron chi connectivity index (χ3n) is 2.22. The van der Waals surface area contributed by atoms with Gasteiger partial charge in [0.1, 0.15) is 5.82 Å². The quantitative estimate of drug-likeness (QED) is 0.898. The van der Waals surface area contributed by atoms with Gasteiger partial charge in [0.05, 0.1) is 21.3 Å². The number of aromatic carboxylic acids is 1. The number of anilines is 2. The van der Waals surface area contributed by atoms with Gasteiger partial charge in [0.2, 0.25) is 0 Å². The van der Waals surface area contributed by atoms with E-state index < -0.39 is 5.97 Å². The molecule has 0 atom stereocenters. The molecule has 0 amide bonds. The summed E-state index contributed by atoms with van der Waals surface area (Å²) in [6.07, 6.45) is 1.27. The number of nitrogens with one attached hydrogen (secondary N) is 1. The first-order valence-electron chi connectivity index (χ1n) is 4.98. The van der Waals surface area contributed by atoms with Crippen molar-refractivity contribution in [1.29, 1.82) is 0 Å². The summed E-state index contributed by atoms with van der Waals surface area (Å²) in [7, 11) is 0. The van der Waals surface area contributed by atoms with Crippen molar-refractivity contribution in [3.63, 3.8) is 0 Å². The number of benzene rings is 1. The summed E-state index contributed by atoms with van der Waals surface area (Å²) < 4.78 is 0. The highest BCUT2D eigenvalue weighted by atomic mass is 35.5. The molecule has 0 aliphatic carbocycles. The van der Waals surface area contributed by atoms with Crippen LogP contribution in [-0.2, 0) is 0 Å². The van der Waals surface area contributed by atoms with Gasteiger partial charge in [-0.25, -0.2) is 9.78 Å². The lowest BCUT2D eigenvalue weighted by atomic mass is 10.3. The molecule has 0 unspecified atom stereocenters. The van der Waals surface area contributed by atoms with Crippen LogP contribution in [0, 0.1) is 0 Å². The van der Waals surface area contributed by atoms with Crippen molar-refractivity contribution in [3.8, 4) is 0 Å². The Labute approximate surface area is 113 Å². The average molecular weight is 283 g/mol. The lowest BCUT2D eigenvalue weighted by Gasteiger charge is -2.08. The Morgan fingerprint density at radius 1 is 1.22 bits per heavy atom. The predicted molar refractivity (Wildman–Crippen MR) is 70.9 cm³/mol. The largest absolute Gasteiger partial charge is 0.478 e. The van der Waals surface area contributed by atoms with Gasteiger partial charge in [-0.3, -0.25) is 0 Å². The van der Waals surface area contributed by atoms with Gasteiger partial charge in [0, 0.05) is 6.20 Å². The molecule has 1 aromatic carbocycles. The third kappa shape index (κ3) is 2.72. The van der Waals surface area contributed by atoms with Crippen LogP contribution in [0.4, 0.5) is 11.5 Å². The highest BCUT2D eigenvalue weighted by molar-refractivity contribution is 6.43. The van der Waals surface area contributed by atoms with Gasteiger partial charge in [0.15, 0.2) is 0 Å². The molecule has 0 aliphatic rings. The average Bonchev–Trinajstić information content (AvgIpc) is 2.36. The van der Waals surface area contributed by atoms with Gasteiger partial charge < -0.3 is 10.4 Å². The summed E-state index contributed by atoms with van der Waals surface area (Å²) in [5, 5.41) is 12.5. The molecular weight excluding hydrogens is 275 g/mol. The summed E-state index contributed by atoms with van der Waals surface area (Å²) in [6, 6.07) is 8.19. The first-order chi connectivity index (χ1) is 8.58. The minimum atomic E-state index is -1.02. The number of pyridine rings is 1. The van der Waals surface area contributed by atoms with Crippen molar-refractivity contribution in [3.05, 3.63) is 52.1 Å². The zero-order valence-electron chi connectivity index (χ0n) is 9.02. The van der Waals surface area contributed by atoms with Crippen molar-refractivity contribution in [2.24, 2.45) is 0 Å². The van der Waals surface area contributed by atoms with Crippen LogP contribution in [0.2, 0.25) is 10.0 Å². The molecule has 0 saturated carbocycles. The van der Waals surface area contributed by atoms with E-state index in [1.807, 2.05) is 0 Å². The number of hydrogen-bond acceptors (Lipinski definition) is 3. The van der Waals surface area contributed by atoms with E-state index in [1.165, 1.54) is 12.3 Å². The van der Waals surface area contributed by atoms with Gasteiger partial charge >= 0.3 is 5.97 Å². The fraction of sp³-hybridized carbons (Fsp3) is 0. The lowest BCUT2D eigenvalue weighted by molar-refractivity contribution is 0.0696. The van der Waals surface area contributed by atoms with E-state index in [4.69, 9.17) is 28.3 Å². The molecule has 0 saturated heterocycles. The predicted octanol–water partition coefficient (Wildman–Crippen LogP) is 3.83. The molecule has 0 aliphatic heterocycles. The number of aromatic nitrogens is 1. The molecule has 92 valence electrons. The second-order valence-electron chi connectivity index (χ2n) is 3.46. The Balaban J connectivity index is 2.24. The van der Waals surface area contributed by atoms with Gasteiger partial charge in [-0.1, -0.05) is 29.3 Å². The number of nitrogens with zero attached hydrogens (tertiary/aromatic N) is 1. The molecular formula is C12H8Cl2N2O2. The third-order valence-corrected chi connectivity index (χ3v) is 3.04. The molecule has 1 aromatic heterocycles. The maximum Gasteiger partial charge on any atom is 0.337 e.